The van der Waals surface area contributed by atoms with Crippen LogP contribution in [0.4, 0.5) is 5.69 Å². The second kappa shape index (κ2) is 4.69. The van der Waals surface area contributed by atoms with Crippen molar-refractivity contribution in [2.24, 2.45) is 0 Å². The molecule has 0 aliphatic heterocycles. The summed E-state index contributed by atoms with van der Waals surface area (Å²) in [7, 11) is 0. The monoisotopic (exact) mass is 237 g/mol. The van der Waals surface area contributed by atoms with Crippen LogP contribution >= 0.6 is 35.0 Å². The van der Waals surface area contributed by atoms with Crippen LogP contribution in [-0.2, 0) is 0 Å². The summed E-state index contributed by atoms with van der Waals surface area (Å²) in [5.41, 5.74) is 0.0602. The Morgan fingerprint density at radius 3 is 2.23 bits per heavy atom. The van der Waals surface area contributed by atoms with Crippen molar-refractivity contribution in [2.45, 2.75) is 9.06 Å². The number of benzene rings is 1. The van der Waals surface area contributed by atoms with Gasteiger partial charge in [0.25, 0.3) is 5.69 Å². The van der Waals surface area contributed by atoms with Gasteiger partial charge in [-0.1, -0.05) is 35.0 Å². The predicted molar refractivity (Wildman–Crippen MR) is 54.4 cm³/mol. The fourth-order valence-electron chi connectivity index (χ4n) is 0.749. The zero-order chi connectivity index (χ0) is 9.84. The third-order valence-electron chi connectivity index (χ3n) is 1.27. The molecular weight excluding hydrogens is 233 g/mol. The fourth-order valence-corrected chi connectivity index (χ4v) is 1.87. The number of hydrogen-bond donors (Lipinski definition) is 0. The Kier molecular flexibility index (Phi) is 3.84. The molecule has 0 saturated carbocycles. The highest BCUT2D eigenvalue weighted by molar-refractivity contribution is 8.02. The summed E-state index contributed by atoms with van der Waals surface area (Å²) in [4.78, 5) is 10.6. The summed E-state index contributed by atoms with van der Waals surface area (Å²) >= 11 is 12.2. The largest absolute Gasteiger partial charge is 0.269 e. The Morgan fingerprint density at radius 1 is 1.31 bits per heavy atom. The molecule has 13 heavy (non-hydrogen) atoms. The van der Waals surface area contributed by atoms with Crippen molar-refractivity contribution in [2.75, 3.05) is 0 Å². The van der Waals surface area contributed by atoms with E-state index in [0.29, 0.717) is 0 Å². The quantitative estimate of drug-likeness (QED) is 0.350. The lowest BCUT2D eigenvalue weighted by Gasteiger charge is -1.99. The molecule has 0 spiro atoms. The van der Waals surface area contributed by atoms with Crippen LogP contribution in [0.25, 0.3) is 0 Å². The van der Waals surface area contributed by atoms with Crippen LogP contribution in [0.2, 0.25) is 0 Å². The van der Waals surface area contributed by atoms with E-state index in [-0.39, 0.29) is 5.69 Å². The van der Waals surface area contributed by atoms with Gasteiger partial charge in [-0.05, 0) is 12.1 Å². The lowest BCUT2D eigenvalue weighted by Crippen LogP contribution is -1.87. The molecule has 0 radical (unpaired) electrons. The van der Waals surface area contributed by atoms with Crippen LogP contribution in [0.1, 0.15) is 0 Å². The highest BCUT2D eigenvalue weighted by atomic mass is 35.5. The summed E-state index contributed by atoms with van der Waals surface area (Å²) in [6.45, 7) is 0. The second-order valence-electron chi connectivity index (χ2n) is 2.13. The first-order chi connectivity index (χ1) is 6.09. The third-order valence-corrected chi connectivity index (χ3v) is 2.53. The number of non-ortho nitro benzene ring substituents is 1. The van der Waals surface area contributed by atoms with Crippen LogP contribution in [0.3, 0.4) is 0 Å². The van der Waals surface area contributed by atoms with Gasteiger partial charge in [0.05, 0.1) is 4.92 Å². The first-order valence-electron chi connectivity index (χ1n) is 3.29. The molecule has 0 bridgehead atoms. The van der Waals surface area contributed by atoms with E-state index in [0.717, 1.165) is 4.90 Å². The number of nitrogens with zero attached hydrogens (tertiary/aromatic N) is 1. The molecule has 0 N–H and O–H groups in total. The van der Waals surface area contributed by atoms with E-state index in [4.69, 9.17) is 23.2 Å². The molecule has 0 aromatic heterocycles. The number of alkyl halides is 2. The van der Waals surface area contributed by atoms with Gasteiger partial charge in [-0.3, -0.25) is 10.1 Å². The summed E-state index contributed by atoms with van der Waals surface area (Å²) < 4.78 is -0.554. The van der Waals surface area contributed by atoms with Crippen molar-refractivity contribution < 1.29 is 4.92 Å². The Balaban J connectivity index is 2.75. The average Bonchev–Trinajstić information content (AvgIpc) is 2.04. The molecule has 70 valence electrons. The molecule has 0 heterocycles. The zero-order valence-electron chi connectivity index (χ0n) is 6.31. The standard InChI is InChI=1S/C7H5Cl2NO2S/c8-7(9)13-6-3-1-5(2-4-6)10(11)12/h1-4,7H. The van der Waals surface area contributed by atoms with E-state index in [2.05, 4.69) is 0 Å². The molecule has 3 nitrogen and oxygen atoms in total. The van der Waals surface area contributed by atoms with Crippen LogP contribution in [0.15, 0.2) is 29.2 Å². The third kappa shape index (κ3) is 3.42. The molecule has 0 unspecified atom stereocenters. The Morgan fingerprint density at radius 2 is 1.85 bits per heavy atom. The first-order valence-corrected chi connectivity index (χ1v) is 5.04. The minimum Gasteiger partial charge on any atom is -0.258 e. The fraction of sp³-hybridized carbons (Fsp3) is 0.143. The van der Waals surface area contributed by atoms with E-state index in [1.165, 1.54) is 23.9 Å². The molecule has 1 aromatic carbocycles. The molecular formula is C7H5Cl2NO2S. The van der Waals surface area contributed by atoms with Gasteiger partial charge >= 0.3 is 0 Å². The normalized spacial score (nSPS) is 10.4. The Hall–Kier alpha value is -0.450. The molecule has 0 atom stereocenters. The minimum absolute atomic E-state index is 0.0602. The van der Waals surface area contributed by atoms with Crippen LogP contribution in [0.5, 0.6) is 0 Å². The average molecular weight is 238 g/mol. The maximum atomic E-state index is 10.3. The zero-order valence-corrected chi connectivity index (χ0v) is 8.64. The maximum Gasteiger partial charge on any atom is 0.269 e. The van der Waals surface area contributed by atoms with Crippen molar-refractivity contribution in [1.82, 2.24) is 0 Å². The Bertz CT molecular complexity index is 302. The lowest BCUT2D eigenvalue weighted by atomic mass is 10.3. The molecule has 0 aliphatic carbocycles. The van der Waals surface area contributed by atoms with Gasteiger partial charge in [-0.25, -0.2) is 0 Å². The number of halogens is 2. The Labute approximate surface area is 89.2 Å². The molecule has 0 amide bonds. The van der Waals surface area contributed by atoms with Crippen molar-refractivity contribution >= 4 is 40.7 Å². The van der Waals surface area contributed by atoms with Gasteiger partial charge in [-0.15, -0.1) is 0 Å². The number of nitro groups is 1. The molecule has 0 saturated heterocycles. The summed E-state index contributed by atoms with van der Waals surface area (Å²) in [6, 6.07) is 6.05. The predicted octanol–water partition coefficient (Wildman–Crippen LogP) is 3.45. The first kappa shape index (κ1) is 10.6. The van der Waals surface area contributed by atoms with Crippen molar-refractivity contribution in [1.29, 1.82) is 0 Å². The number of nitro benzene ring substituents is 1. The number of hydrogen-bond acceptors (Lipinski definition) is 3. The van der Waals surface area contributed by atoms with E-state index >= 15 is 0 Å². The van der Waals surface area contributed by atoms with Crippen LogP contribution in [-0.4, -0.2) is 9.09 Å². The smallest absolute Gasteiger partial charge is 0.258 e. The summed E-state index contributed by atoms with van der Waals surface area (Å²) in [5.74, 6) is 0. The van der Waals surface area contributed by atoms with Gasteiger partial charge in [0.1, 0.15) is 0 Å². The topological polar surface area (TPSA) is 43.1 Å². The molecule has 0 aliphatic rings. The second-order valence-corrected chi connectivity index (χ2v) is 4.92. The van der Waals surface area contributed by atoms with Crippen molar-refractivity contribution in [3.63, 3.8) is 0 Å². The van der Waals surface area contributed by atoms with E-state index in [1.54, 1.807) is 12.1 Å². The van der Waals surface area contributed by atoms with Gasteiger partial charge in [0.15, 0.2) is 4.17 Å². The van der Waals surface area contributed by atoms with E-state index in [9.17, 15) is 10.1 Å². The summed E-state index contributed by atoms with van der Waals surface area (Å²) in [6.07, 6.45) is 0. The van der Waals surface area contributed by atoms with E-state index < -0.39 is 9.09 Å². The molecule has 1 aromatic rings. The molecule has 1 rings (SSSR count). The van der Waals surface area contributed by atoms with Gasteiger partial charge in [0, 0.05) is 17.0 Å². The minimum atomic E-state index is -0.554. The highest BCUT2D eigenvalue weighted by Crippen LogP contribution is 2.29. The SMILES string of the molecule is O=[N+]([O-])c1ccc(SC(Cl)Cl)cc1. The number of rotatable bonds is 3. The maximum absolute atomic E-state index is 10.3. The lowest BCUT2D eigenvalue weighted by molar-refractivity contribution is -0.384. The molecule has 6 heteroatoms. The van der Waals surface area contributed by atoms with Gasteiger partial charge in [0.2, 0.25) is 0 Å². The highest BCUT2D eigenvalue weighted by Gasteiger charge is 2.06. The summed E-state index contributed by atoms with van der Waals surface area (Å²) in [5, 5.41) is 10.3. The van der Waals surface area contributed by atoms with E-state index in [1.807, 2.05) is 0 Å². The van der Waals surface area contributed by atoms with Crippen molar-refractivity contribution in [3.8, 4) is 0 Å². The van der Waals surface area contributed by atoms with Crippen molar-refractivity contribution in [3.05, 3.63) is 34.4 Å². The number of thioether (sulfide) groups is 1. The van der Waals surface area contributed by atoms with Crippen LogP contribution < -0.4 is 0 Å². The molecule has 0 fully saturated rings. The van der Waals surface area contributed by atoms with Gasteiger partial charge < -0.3 is 0 Å². The van der Waals surface area contributed by atoms with Crippen LogP contribution in [0, 0.1) is 10.1 Å². The van der Waals surface area contributed by atoms with Gasteiger partial charge in [-0.2, -0.15) is 0 Å².